The predicted molar refractivity (Wildman–Crippen MR) is 90.4 cm³/mol. The molecule has 114 valence electrons. The minimum atomic E-state index is -0.0302. The lowest BCUT2D eigenvalue weighted by atomic mass is 10.00. The second-order valence-electron chi connectivity index (χ2n) is 5.33. The van der Waals surface area contributed by atoms with Gasteiger partial charge in [-0.2, -0.15) is 11.8 Å². The average Bonchev–Trinajstić information content (AvgIpc) is 2.56. The van der Waals surface area contributed by atoms with Crippen LogP contribution < -0.4 is 10.1 Å². The van der Waals surface area contributed by atoms with E-state index in [0.717, 1.165) is 23.5 Å². The van der Waals surface area contributed by atoms with E-state index in [0.29, 0.717) is 12.2 Å². The Balaban J connectivity index is 1.72. The van der Waals surface area contributed by atoms with E-state index in [1.165, 1.54) is 5.56 Å². The highest BCUT2D eigenvalue weighted by atomic mass is 32.2. The van der Waals surface area contributed by atoms with Crippen LogP contribution in [-0.4, -0.2) is 18.8 Å². The maximum absolute atomic E-state index is 12.4. The fourth-order valence-electron chi connectivity index (χ4n) is 2.65. The van der Waals surface area contributed by atoms with Gasteiger partial charge in [0.2, 0.25) is 0 Å². The molecule has 0 bridgehead atoms. The van der Waals surface area contributed by atoms with E-state index >= 15 is 0 Å². The van der Waals surface area contributed by atoms with Gasteiger partial charge in [-0.3, -0.25) is 4.79 Å². The van der Waals surface area contributed by atoms with E-state index < -0.39 is 0 Å². The zero-order chi connectivity index (χ0) is 15.4. The van der Waals surface area contributed by atoms with Crippen molar-refractivity contribution in [1.82, 2.24) is 5.32 Å². The molecule has 22 heavy (non-hydrogen) atoms. The molecule has 1 atom stereocenters. The van der Waals surface area contributed by atoms with Crippen LogP contribution in [0.25, 0.3) is 0 Å². The van der Waals surface area contributed by atoms with Gasteiger partial charge in [0, 0.05) is 23.3 Å². The molecule has 0 aromatic heterocycles. The molecule has 1 amide bonds. The third-order valence-electron chi connectivity index (χ3n) is 3.79. The molecule has 3 rings (SSSR count). The zero-order valence-electron chi connectivity index (χ0n) is 12.5. The Kier molecular flexibility index (Phi) is 4.68. The number of rotatable bonds is 4. The number of hydrogen-bond donors (Lipinski definition) is 1. The summed E-state index contributed by atoms with van der Waals surface area (Å²) in [7, 11) is 0. The van der Waals surface area contributed by atoms with Crippen molar-refractivity contribution in [2.24, 2.45) is 0 Å². The molecule has 0 fully saturated rings. The van der Waals surface area contributed by atoms with Gasteiger partial charge < -0.3 is 10.1 Å². The molecule has 1 unspecified atom stereocenters. The summed E-state index contributed by atoms with van der Waals surface area (Å²) < 4.78 is 5.63. The zero-order valence-corrected chi connectivity index (χ0v) is 13.4. The Morgan fingerprint density at radius 1 is 1.23 bits per heavy atom. The van der Waals surface area contributed by atoms with Crippen molar-refractivity contribution in [3.8, 4) is 5.75 Å². The first-order valence-electron chi connectivity index (χ1n) is 7.38. The van der Waals surface area contributed by atoms with E-state index in [-0.39, 0.29) is 11.9 Å². The largest absolute Gasteiger partial charge is 0.493 e. The van der Waals surface area contributed by atoms with Gasteiger partial charge in [-0.05, 0) is 30.0 Å². The molecule has 2 aromatic rings. The maximum atomic E-state index is 12.4. The Morgan fingerprint density at radius 3 is 2.77 bits per heavy atom. The molecule has 0 aliphatic carbocycles. The van der Waals surface area contributed by atoms with Gasteiger partial charge in [0.05, 0.1) is 12.6 Å². The number of hydrogen-bond acceptors (Lipinski definition) is 3. The Labute approximate surface area is 135 Å². The van der Waals surface area contributed by atoms with E-state index in [1.807, 2.05) is 48.5 Å². The summed E-state index contributed by atoms with van der Waals surface area (Å²) in [5, 5.41) is 3.12. The van der Waals surface area contributed by atoms with Crippen molar-refractivity contribution in [3.63, 3.8) is 0 Å². The molecule has 1 aliphatic rings. The fraction of sp³-hybridized carbons (Fsp3) is 0.278. The van der Waals surface area contributed by atoms with Crippen molar-refractivity contribution < 1.29 is 9.53 Å². The van der Waals surface area contributed by atoms with Crippen LogP contribution in [0.1, 0.15) is 33.9 Å². The monoisotopic (exact) mass is 313 g/mol. The predicted octanol–water partition coefficient (Wildman–Crippen LogP) is 3.80. The normalized spacial score (nSPS) is 16.5. The van der Waals surface area contributed by atoms with Crippen LogP contribution in [0.2, 0.25) is 0 Å². The maximum Gasteiger partial charge on any atom is 0.251 e. The molecule has 1 aliphatic heterocycles. The van der Waals surface area contributed by atoms with Gasteiger partial charge in [-0.1, -0.05) is 30.3 Å². The lowest BCUT2D eigenvalue weighted by Crippen LogP contribution is -2.32. The number of fused-ring (bicyclic) bond motifs is 1. The number of benzene rings is 2. The molecule has 0 radical (unpaired) electrons. The van der Waals surface area contributed by atoms with Crippen molar-refractivity contribution in [1.29, 1.82) is 0 Å². The second kappa shape index (κ2) is 6.88. The highest BCUT2D eigenvalue weighted by molar-refractivity contribution is 7.97. The van der Waals surface area contributed by atoms with Crippen LogP contribution >= 0.6 is 11.8 Å². The third kappa shape index (κ3) is 3.28. The summed E-state index contributed by atoms with van der Waals surface area (Å²) in [4.78, 5) is 12.4. The van der Waals surface area contributed by atoms with Crippen LogP contribution in [0.5, 0.6) is 5.75 Å². The Hall–Kier alpha value is -1.94. The summed E-state index contributed by atoms with van der Waals surface area (Å²) in [5.74, 6) is 1.81. The van der Waals surface area contributed by atoms with Gasteiger partial charge in [0.15, 0.2) is 0 Å². The highest BCUT2D eigenvalue weighted by Gasteiger charge is 2.22. The number of amides is 1. The van der Waals surface area contributed by atoms with E-state index in [2.05, 4.69) is 11.6 Å². The van der Waals surface area contributed by atoms with Crippen LogP contribution in [0, 0.1) is 0 Å². The first kappa shape index (κ1) is 15.0. The molecule has 0 saturated heterocycles. The first-order valence-corrected chi connectivity index (χ1v) is 8.78. The molecule has 1 N–H and O–H groups in total. The second-order valence-corrected chi connectivity index (χ2v) is 6.20. The van der Waals surface area contributed by atoms with Crippen LogP contribution in [-0.2, 0) is 5.75 Å². The number of carbonyl (C=O) groups excluding carboxylic acids is 1. The number of carbonyl (C=O) groups is 1. The SMILES string of the molecule is CSCc1ccc(C(=O)NC2CCOc3ccccc32)cc1. The van der Waals surface area contributed by atoms with Gasteiger partial charge >= 0.3 is 0 Å². The quantitative estimate of drug-likeness (QED) is 0.933. The molecule has 0 saturated carbocycles. The van der Waals surface area contributed by atoms with E-state index in [9.17, 15) is 4.79 Å². The number of thioether (sulfide) groups is 1. The summed E-state index contributed by atoms with van der Waals surface area (Å²) >= 11 is 1.78. The average molecular weight is 313 g/mol. The molecular weight excluding hydrogens is 294 g/mol. The third-order valence-corrected chi connectivity index (χ3v) is 4.41. The number of ether oxygens (including phenoxy) is 1. The van der Waals surface area contributed by atoms with E-state index in [4.69, 9.17) is 4.74 Å². The van der Waals surface area contributed by atoms with Gasteiger partial charge in [0.25, 0.3) is 5.91 Å². The molecule has 0 spiro atoms. The fourth-order valence-corrected chi connectivity index (χ4v) is 3.18. The number of nitrogens with one attached hydrogen (secondary N) is 1. The lowest BCUT2D eigenvalue weighted by Gasteiger charge is -2.26. The summed E-state index contributed by atoms with van der Waals surface area (Å²) in [5.41, 5.74) is 3.00. The van der Waals surface area contributed by atoms with Crippen molar-refractivity contribution in [3.05, 3.63) is 65.2 Å². The first-order chi connectivity index (χ1) is 10.8. The lowest BCUT2D eigenvalue weighted by molar-refractivity contribution is 0.0925. The minimum Gasteiger partial charge on any atom is -0.493 e. The topological polar surface area (TPSA) is 38.3 Å². The van der Waals surface area contributed by atoms with Crippen LogP contribution in [0.15, 0.2) is 48.5 Å². The van der Waals surface area contributed by atoms with Gasteiger partial charge in [-0.15, -0.1) is 0 Å². The minimum absolute atomic E-state index is 0.0170. The number of para-hydroxylation sites is 1. The molecule has 3 nitrogen and oxygen atoms in total. The molecular formula is C18H19NO2S. The molecule has 4 heteroatoms. The van der Waals surface area contributed by atoms with Crippen LogP contribution in [0.4, 0.5) is 0 Å². The summed E-state index contributed by atoms with van der Waals surface area (Å²) in [6.45, 7) is 0.634. The Bertz CT molecular complexity index is 654. The van der Waals surface area contributed by atoms with Gasteiger partial charge in [0.1, 0.15) is 5.75 Å². The Morgan fingerprint density at radius 2 is 2.00 bits per heavy atom. The molecule has 1 heterocycles. The highest BCUT2D eigenvalue weighted by Crippen LogP contribution is 2.31. The standard InChI is InChI=1S/C18H19NO2S/c1-22-12-13-6-8-14(9-7-13)18(20)19-16-10-11-21-17-5-3-2-4-15(16)17/h2-9,16H,10-12H2,1H3,(H,19,20). The smallest absolute Gasteiger partial charge is 0.251 e. The molecule has 2 aromatic carbocycles. The summed E-state index contributed by atoms with van der Waals surface area (Å²) in [6, 6.07) is 15.7. The van der Waals surface area contributed by atoms with Gasteiger partial charge in [-0.25, -0.2) is 0 Å². The van der Waals surface area contributed by atoms with Crippen LogP contribution in [0.3, 0.4) is 0 Å². The van der Waals surface area contributed by atoms with E-state index in [1.54, 1.807) is 11.8 Å². The van der Waals surface area contributed by atoms with Crippen molar-refractivity contribution in [2.45, 2.75) is 18.2 Å². The van der Waals surface area contributed by atoms with Crippen molar-refractivity contribution in [2.75, 3.05) is 12.9 Å². The summed E-state index contributed by atoms with van der Waals surface area (Å²) in [6.07, 6.45) is 2.87. The van der Waals surface area contributed by atoms with Crippen molar-refractivity contribution >= 4 is 17.7 Å².